The lowest BCUT2D eigenvalue weighted by Crippen LogP contribution is -2.11. The summed E-state index contributed by atoms with van der Waals surface area (Å²) in [6.07, 6.45) is 3.51. The van der Waals surface area contributed by atoms with Crippen molar-refractivity contribution in [2.75, 3.05) is 6.61 Å². The molecule has 1 atom stereocenters. The quantitative estimate of drug-likeness (QED) is 0.641. The molecule has 0 bridgehead atoms. The van der Waals surface area contributed by atoms with Crippen LogP contribution in [0.5, 0.6) is 0 Å². The second kappa shape index (κ2) is 3.66. The van der Waals surface area contributed by atoms with Gasteiger partial charge in [0.05, 0.1) is 0 Å². The van der Waals surface area contributed by atoms with E-state index in [9.17, 15) is 4.79 Å². The molecule has 1 aromatic heterocycles. The highest BCUT2D eigenvalue weighted by molar-refractivity contribution is 5.68. The van der Waals surface area contributed by atoms with E-state index in [4.69, 9.17) is 9.26 Å². The van der Waals surface area contributed by atoms with Gasteiger partial charge in [0.2, 0.25) is 5.82 Å². The van der Waals surface area contributed by atoms with Gasteiger partial charge in [0.1, 0.15) is 6.10 Å². The summed E-state index contributed by atoms with van der Waals surface area (Å²) in [7, 11) is 0. The molecule has 0 aromatic carbocycles. The van der Waals surface area contributed by atoms with Gasteiger partial charge in [-0.25, -0.2) is 0 Å². The Morgan fingerprint density at radius 1 is 1.46 bits per heavy atom. The first-order valence-corrected chi connectivity index (χ1v) is 4.30. The number of hydrogen-bond donors (Lipinski definition) is 0. The Labute approximate surface area is 75.1 Å². The molecule has 1 saturated heterocycles. The Hall–Kier alpha value is -1.23. The molecule has 1 fully saturated rings. The van der Waals surface area contributed by atoms with Gasteiger partial charge in [-0.3, -0.25) is 4.79 Å². The zero-order valence-electron chi connectivity index (χ0n) is 7.10. The summed E-state index contributed by atoms with van der Waals surface area (Å²) in [4.78, 5) is 14.2. The van der Waals surface area contributed by atoms with Crippen LogP contribution in [0.15, 0.2) is 4.52 Å². The second-order valence-corrected chi connectivity index (χ2v) is 2.96. The topological polar surface area (TPSA) is 65.2 Å². The maximum atomic E-state index is 10.3. The lowest BCUT2D eigenvalue weighted by Gasteiger charge is -2.18. The third-order valence-electron chi connectivity index (χ3n) is 2.02. The van der Waals surface area contributed by atoms with Crippen LogP contribution in [-0.4, -0.2) is 23.0 Å². The minimum absolute atomic E-state index is 0.0872. The van der Waals surface area contributed by atoms with Crippen LogP contribution in [-0.2, 0) is 4.74 Å². The Balaban J connectivity index is 2.09. The van der Waals surface area contributed by atoms with E-state index in [1.807, 2.05) is 0 Å². The number of nitrogens with zero attached hydrogens (tertiary/aromatic N) is 2. The van der Waals surface area contributed by atoms with Gasteiger partial charge in [-0.15, -0.1) is 0 Å². The highest BCUT2D eigenvalue weighted by Crippen LogP contribution is 2.25. The van der Waals surface area contributed by atoms with Crippen molar-refractivity contribution in [3.05, 3.63) is 11.7 Å². The largest absolute Gasteiger partial charge is 0.368 e. The molecule has 70 valence electrons. The van der Waals surface area contributed by atoms with E-state index in [0.29, 0.717) is 12.2 Å². The summed E-state index contributed by atoms with van der Waals surface area (Å²) < 4.78 is 10.3. The third-order valence-corrected chi connectivity index (χ3v) is 2.02. The summed E-state index contributed by atoms with van der Waals surface area (Å²) in [6.45, 7) is 0.726. The first-order valence-electron chi connectivity index (χ1n) is 4.30. The number of carbonyl (C=O) groups is 1. The summed E-state index contributed by atoms with van der Waals surface area (Å²) in [5.74, 6) is 0.506. The van der Waals surface area contributed by atoms with E-state index in [-0.39, 0.29) is 11.9 Å². The van der Waals surface area contributed by atoms with Gasteiger partial charge in [-0.2, -0.15) is 4.98 Å². The molecule has 1 unspecified atom stereocenters. The van der Waals surface area contributed by atoms with Gasteiger partial charge >= 0.3 is 0 Å². The second-order valence-electron chi connectivity index (χ2n) is 2.96. The van der Waals surface area contributed by atoms with E-state index in [2.05, 4.69) is 10.1 Å². The van der Waals surface area contributed by atoms with E-state index in [0.717, 1.165) is 25.9 Å². The molecule has 0 aliphatic carbocycles. The zero-order valence-corrected chi connectivity index (χ0v) is 7.10. The Morgan fingerprint density at radius 3 is 3.00 bits per heavy atom. The molecule has 1 aliphatic rings. The Kier molecular flexibility index (Phi) is 2.35. The standard InChI is InChI=1S/C8H10N2O3/c11-5-7-9-8(13-10-7)6-3-1-2-4-12-6/h5-6H,1-4H2. The summed E-state index contributed by atoms with van der Waals surface area (Å²) >= 11 is 0. The summed E-state index contributed by atoms with van der Waals surface area (Å²) in [5, 5.41) is 3.48. The maximum Gasteiger partial charge on any atom is 0.256 e. The predicted molar refractivity (Wildman–Crippen MR) is 42.2 cm³/mol. The molecular weight excluding hydrogens is 172 g/mol. The highest BCUT2D eigenvalue weighted by Gasteiger charge is 2.21. The first-order chi connectivity index (χ1) is 6.40. The van der Waals surface area contributed by atoms with E-state index >= 15 is 0 Å². The third kappa shape index (κ3) is 1.75. The molecule has 5 nitrogen and oxygen atoms in total. The number of ether oxygens (including phenoxy) is 1. The molecule has 1 aliphatic heterocycles. The molecule has 2 rings (SSSR count). The van der Waals surface area contributed by atoms with Crippen LogP contribution in [0.2, 0.25) is 0 Å². The van der Waals surface area contributed by atoms with E-state index in [1.165, 1.54) is 0 Å². The first kappa shape index (κ1) is 8.37. The number of aldehydes is 1. The van der Waals surface area contributed by atoms with Crippen LogP contribution in [0.1, 0.15) is 41.9 Å². The lowest BCUT2D eigenvalue weighted by atomic mass is 10.1. The Bertz CT molecular complexity index is 291. The number of aromatic nitrogens is 2. The minimum atomic E-state index is -0.116. The molecule has 0 spiro atoms. The van der Waals surface area contributed by atoms with Crippen molar-refractivity contribution < 1.29 is 14.1 Å². The van der Waals surface area contributed by atoms with Crippen molar-refractivity contribution in [2.24, 2.45) is 0 Å². The van der Waals surface area contributed by atoms with Crippen LogP contribution in [0.25, 0.3) is 0 Å². The van der Waals surface area contributed by atoms with Gasteiger partial charge in [-0.05, 0) is 19.3 Å². The molecule has 0 radical (unpaired) electrons. The number of rotatable bonds is 2. The van der Waals surface area contributed by atoms with Crippen molar-refractivity contribution >= 4 is 6.29 Å². The van der Waals surface area contributed by atoms with Crippen LogP contribution in [0.3, 0.4) is 0 Å². The average molecular weight is 182 g/mol. The predicted octanol–water partition coefficient (Wildman–Crippen LogP) is 1.12. The highest BCUT2D eigenvalue weighted by atomic mass is 16.5. The van der Waals surface area contributed by atoms with Crippen molar-refractivity contribution in [1.82, 2.24) is 10.1 Å². The lowest BCUT2D eigenvalue weighted by molar-refractivity contribution is -0.00459. The monoisotopic (exact) mass is 182 g/mol. The molecule has 0 N–H and O–H groups in total. The van der Waals surface area contributed by atoms with Gasteiger partial charge in [0, 0.05) is 6.61 Å². The summed E-state index contributed by atoms with van der Waals surface area (Å²) in [6, 6.07) is 0. The van der Waals surface area contributed by atoms with E-state index < -0.39 is 0 Å². The molecular formula is C8H10N2O3. The number of hydrogen-bond acceptors (Lipinski definition) is 5. The normalized spacial score (nSPS) is 22.9. The molecule has 1 aromatic rings. The summed E-state index contributed by atoms with van der Waals surface area (Å²) in [5.41, 5.74) is 0. The molecule has 0 amide bonds. The molecule has 5 heteroatoms. The van der Waals surface area contributed by atoms with E-state index in [1.54, 1.807) is 0 Å². The smallest absolute Gasteiger partial charge is 0.256 e. The fourth-order valence-electron chi connectivity index (χ4n) is 1.36. The Morgan fingerprint density at radius 2 is 2.38 bits per heavy atom. The number of carbonyl (C=O) groups excluding carboxylic acids is 1. The van der Waals surface area contributed by atoms with Crippen LogP contribution >= 0.6 is 0 Å². The van der Waals surface area contributed by atoms with Crippen LogP contribution in [0, 0.1) is 0 Å². The van der Waals surface area contributed by atoms with Gasteiger partial charge in [-0.1, -0.05) is 5.16 Å². The van der Waals surface area contributed by atoms with Crippen molar-refractivity contribution in [3.8, 4) is 0 Å². The SMILES string of the molecule is O=Cc1noc(C2CCCCO2)n1. The van der Waals surface area contributed by atoms with Gasteiger partial charge in [0.25, 0.3) is 5.89 Å². The van der Waals surface area contributed by atoms with Crippen molar-refractivity contribution in [2.45, 2.75) is 25.4 Å². The van der Waals surface area contributed by atoms with Crippen molar-refractivity contribution in [3.63, 3.8) is 0 Å². The molecule has 2 heterocycles. The average Bonchev–Trinajstić information content (AvgIpc) is 2.67. The fourth-order valence-corrected chi connectivity index (χ4v) is 1.36. The molecule has 13 heavy (non-hydrogen) atoms. The molecule has 0 saturated carbocycles. The van der Waals surface area contributed by atoms with Crippen molar-refractivity contribution in [1.29, 1.82) is 0 Å². The fraction of sp³-hybridized carbons (Fsp3) is 0.625. The zero-order chi connectivity index (χ0) is 9.10. The van der Waals surface area contributed by atoms with Gasteiger partial charge < -0.3 is 9.26 Å². The van der Waals surface area contributed by atoms with Gasteiger partial charge in [0.15, 0.2) is 6.29 Å². The minimum Gasteiger partial charge on any atom is -0.368 e. The van der Waals surface area contributed by atoms with Crippen LogP contribution in [0.4, 0.5) is 0 Å². The maximum absolute atomic E-state index is 10.3. The van der Waals surface area contributed by atoms with Crippen LogP contribution < -0.4 is 0 Å².